The number of hydrogen-bond donors (Lipinski definition) is 0. The smallest absolute Gasteiger partial charge is 0.000902 e. The van der Waals surface area contributed by atoms with Crippen LogP contribution in [0.1, 0.15) is 27.2 Å². The molecule has 0 aromatic carbocycles. The van der Waals surface area contributed by atoms with Gasteiger partial charge in [0.2, 0.25) is 0 Å². The van der Waals surface area contributed by atoms with Gasteiger partial charge in [-0.1, -0.05) is 37.1 Å². The lowest BCUT2D eigenvalue weighted by atomic mass is 9.89. The molecule has 0 N–H and O–H groups in total. The fourth-order valence-corrected chi connectivity index (χ4v) is 2.64. The molecule has 0 amide bonds. The molecule has 0 heterocycles. The zero-order chi connectivity index (χ0) is 8.01. The SMILES string of the molecule is CC1=C(C(C)C)C2C=CC1C2. The van der Waals surface area contributed by atoms with Gasteiger partial charge in [0, 0.05) is 0 Å². The predicted molar refractivity (Wildman–Crippen MR) is 48.3 cm³/mol. The van der Waals surface area contributed by atoms with Crippen LogP contribution in [0.3, 0.4) is 0 Å². The average Bonchev–Trinajstić information content (AvgIpc) is 2.44. The van der Waals surface area contributed by atoms with E-state index in [1.54, 1.807) is 11.1 Å². The molecule has 60 valence electrons. The van der Waals surface area contributed by atoms with Gasteiger partial charge in [-0.25, -0.2) is 0 Å². The van der Waals surface area contributed by atoms with Gasteiger partial charge in [-0.3, -0.25) is 0 Å². The molecular formula is C11H16. The molecule has 0 saturated carbocycles. The Hall–Kier alpha value is -0.520. The van der Waals surface area contributed by atoms with E-state index in [2.05, 4.69) is 32.9 Å². The lowest BCUT2D eigenvalue weighted by molar-refractivity contribution is 0.637. The molecule has 0 spiro atoms. The molecule has 0 nitrogen and oxygen atoms in total. The Balaban J connectivity index is 2.33. The molecule has 0 aromatic rings. The third-order valence-electron chi connectivity index (χ3n) is 3.12. The van der Waals surface area contributed by atoms with Crippen LogP contribution in [-0.2, 0) is 0 Å². The summed E-state index contributed by atoms with van der Waals surface area (Å²) < 4.78 is 0. The highest BCUT2D eigenvalue weighted by Crippen LogP contribution is 2.46. The molecule has 2 rings (SSSR count). The van der Waals surface area contributed by atoms with Gasteiger partial charge in [0.1, 0.15) is 0 Å². The largest absolute Gasteiger partial charge is 0.0807 e. The normalized spacial score (nSPS) is 34.5. The van der Waals surface area contributed by atoms with Crippen LogP contribution in [0, 0.1) is 17.8 Å². The van der Waals surface area contributed by atoms with Gasteiger partial charge in [0.25, 0.3) is 0 Å². The van der Waals surface area contributed by atoms with Gasteiger partial charge in [0.15, 0.2) is 0 Å². The van der Waals surface area contributed by atoms with Crippen LogP contribution in [0.4, 0.5) is 0 Å². The van der Waals surface area contributed by atoms with E-state index in [0.29, 0.717) is 0 Å². The third-order valence-corrected chi connectivity index (χ3v) is 3.12. The quantitative estimate of drug-likeness (QED) is 0.501. The minimum atomic E-state index is 0.759. The van der Waals surface area contributed by atoms with E-state index < -0.39 is 0 Å². The number of fused-ring (bicyclic) bond motifs is 2. The first-order chi connectivity index (χ1) is 5.20. The molecule has 0 aliphatic heterocycles. The Labute approximate surface area is 69.0 Å². The zero-order valence-electron chi connectivity index (χ0n) is 7.59. The van der Waals surface area contributed by atoms with Crippen molar-refractivity contribution in [3.05, 3.63) is 23.3 Å². The fraction of sp³-hybridized carbons (Fsp3) is 0.636. The van der Waals surface area contributed by atoms with Gasteiger partial charge >= 0.3 is 0 Å². The van der Waals surface area contributed by atoms with E-state index in [0.717, 1.165) is 17.8 Å². The summed E-state index contributed by atoms with van der Waals surface area (Å²) in [5, 5.41) is 0. The molecule has 2 aliphatic carbocycles. The maximum absolute atomic E-state index is 2.40. The Bertz CT molecular complexity index is 230. The summed E-state index contributed by atoms with van der Waals surface area (Å²) >= 11 is 0. The van der Waals surface area contributed by atoms with Crippen molar-refractivity contribution in [2.24, 2.45) is 17.8 Å². The molecular weight excluding hydrogens is 132 g/mol. The summed E-state index contributed by atoms with van der Waals surface area (Å²) in [6.45, 7) is 6.93. The van der Waals surface area contributed by atoms with E-state index in [1.165, 1.54) is 6.42 Å². The first kappa shape index (κ1) is 7.15. The monoisotopic (exact) mass is 148 g/mol. The van der Waals surface area contributed by atoms with Crippen molar-refractivity contribution in [1.29, 1.82) is 0 Å². The summed E-state index contributed by atoms with van der Waals surface area (Å²) in [7, 11) is 0. The highest BCUT2D eigenvalue weighted by molar-refractivity contribution is 5.37. The Morgan fingerprint density at radius 1 is 1.27 bits per heavy atom. The van der Waals surface area contributed by atoms with E-state index in [9.17, 15) is 0 Å². The summed E-state index contributed by atoms with van der Waals surface area (Å²) in [5.74, 6) is 2.37. The summed E-state index contributed by atoms with van der Waals surface area (Å²) in [6, 6.07) is 0. The molecule has 11 heavy (non-hydrogen) atoms. The van der Waals surface area contributed by atoms with Gasteiger partial charge in [-0.05, 0) is 31.1 Å². The van der Waals surface area contributed by atoms with Crippen LogP contribution < -0.4 is 0 Å². The second kappa shape index (κ2) is 2.23. The van der Waals surface area contributed by atoms with Gasteiger partial charge in [-0.2, -0.15) is 0 Å². The van der Waals surface area contributed by atoms with Crippen LogP contribution in [0.15, 0.2) is 23.3 Å². The minimum absolute atomic E-state index is 0.759. The first-order valence-corrected chi connectivity index (χ1v) is 4.59. The number of rotatable bonds is 1. The second-order valence-electron chi connectivity index (χ2n) is 4.13. The standard InChI is InChI=1S/C11H16/c1-7(2)11-8(3)9-4-5-10(11)6-9/h4-5,7,9-10H,6H2,1-3H3. The maximum atomic E-state index is 2.40. The predicted octanol–water partition coefficient (Wildman–Crippen LogP) is 3.16. The van der Waals surface area contributed by atoms with Crippen molar-refractivity contribution >= 4 is 0 Å². The molecule has 2 bridgehead atoms. The van der Waals surface area contributed by atoms with Crippen LogP contribution in [0.5, 0.6) is 0 Å². The summed E-state index contributed by atoms with van der Waals surface area (Å²) in [4.78, 5) is 0. The van der Waals surface area contributed by atoms with Crippen molar-refractivity contribution in [2.45, 2.75) is 27.2 Å². The van der Waals surface area contributed by atoms with Gasteiger partial charge in [0.05, 0.1) is 0 Å². The molecule has 0 radical (unpaired) electrons. The first-order valence-electron chi connectivity index (χ1n) is 4.59. The van der Waals surface area contributed by atoms with Crippen molar-refractivity contribution < 1.29 is 0 Å². The van der Waals surface area contributed by atoms with Crippen LogP contribution in [0.25, 0.3) is 0 Å². The van der Waals surface area contributed by atoms with Gasteiger partial charge in [-0.15, -0.1) is 0 Å². The van der Waals surface area contributed by atoms with Crippen molar-refractivity contribution in [3.8, 4) is 0 Å². The number of allylic oxidation sites excluding steroid dienone is 4. The number of hydrogen-bond acceptors (Lipinski definition) is 0. The molecule has 0 heteroatoms. The zero-order valence-corrected chi connectivity index (χ0v) is 7.59. The topological polar surface area (TPSA) is 0 Å². The van der Waals surface area contributed by atoms with Crippen LogP contribution in [-0.4, -0.2) is 0 Å². The lowest BCUT2D eigenvalue weighted by Gasteiger charge is -2.16. The Morgan fingerprint density at radius 3 is 2.27 bits per heavy atom. The average molecular weight is 148 g/mol. The molecule has 0 saturated heterocycles. The molecule has 0 fully saturated rings. The van der Waals surface area contributed by atoms with E-state index in [4.69, 9.17) is 0 Å². The fourth-order valence-electron chi connectivity index (χ4n) is 2.64. The maximum Gasteiger partial charge on any atom is -0.000902 e. The Kier molecular flexibility index (Phi) is 1.45. The van der Waals surface area contributed by atoms with Crippen LogP contribution in [0.2, 0.25) is 0 Å². The second-order valence-corrected chi connectivity index (χ2v) is 4.13. The highest BCUT2D eigenvalue weighted by Gasteiger charge is 2.33. The minimum Gasteiger partial charge on any atom is -0.0807 e. The summed E-state index contributed by atoms with van der Waals surface area (Å²) in [5.41, 5.74) is 3.38. The third kappa shape index (κ3) is 0.885. The van der Waals surface area contributed by atoms with E-state index in [1.807, 2.05) is 0 Å². The molecule has 0 aromatic heterocycles. The van der Waals surface area contributed by atoms with Crippen molar-refractivity contribution in [2.75, 3.05) is 0 Å². The summed E-state index contributed by atoms with van der Waals surface area (Å²) in [6.07, 6.45) is 6.15. The van der Waals surface area contributed by atoms with Crippen LogP contribution >= 0.6 is 0 Å². The molecule has 2 atom stereocenters. The Morgan fingerprint density at radius 2 is 1.91 bits per heavy atom. The van der Waals surface area contributed by atoms with Gasteiger partial charge < -0.3 is 0 Å². The van der Waals surface area contributed by atoms with E-state index in [-0.39, 0.29) is 0 Å². The molecule has 2 aliphatic rings. The van der Waals surface area contributed by atoms with Crippen molar-refractivity contribution in [1.82, 2.24) is 0 Å². The lowest BCUT2D eigenvalue weighted by Crippen LogP contribution is -2.03. The van der Waals surface area contributed by atoms with Crippen molar-refractivity contribution in [3.63, 3.8) is 0 Å². The van der Waals surface area contributed by atoms with E-state index >= 15 is 0 Å². The highest BCUT2D eigenvalue weighted by atomic mass is 14.4. The molecule has 2 unspecified atom stereocenters.